The molecular weight excluding hydrogens is 213 g/mol. The maximum absolute atomic E-state index is 13.1. The van der Waals surface area contributed by atoms with Gasteiger partial charge in [0.15, 0.2) is 0 Å². The number of hydrogen-bond donors (Lipinski definition) is 3. The predicted octanol–water partition coefficient (Wildman–Crippen LogP) is 0.799. The van der Waals surface area contributed by atoms with Gasteiger partial charge >= 0.3 is 5.97 Å². The molecule has 0 heterocycles. The van der Waals surface area contributed by atoms with Crippen molar-refractivity contribution in [2.24, 2.45) is 16.5 Å². The first kappa shape index (κ1) is 14.6. The van der Waals surface area contributed by atoms with E-state index in [1.165, 1.54) is 13.0 Å². The van der Waals surface area contributed by atoms with E-state index in [1.807, 2.05) is 0 Å². The van der Waals surface area contributed by atoms with E-state index in [4.69, 9.17) is 16.6 Å². The zero-order valence-electron chi connectivity index (χ0n) is 9.53. The molecule has 0 saturated heterocycles. The molecule has 0 aromatic heterocycles. The monoisotopic (exact) mass is 231 g/mol. The van der Waals surface area contributed by atoms with E-state index in [0.717, 1.165) is 0 Å². The molecule has 5 nitrogen and oxygen atoms in total. The van der Waals surface area contributed by atoms with Gasteiger partial charge in [-0.15, -0.1) is 0 Å². The molecule has 0 unspecified atom stereocenters. The highest BCUT2D eigenvalue weighted by Crippen LogP contribution is 2.11. The van der Waals surface area contributed by atoms with Gasteiger partial charge in [-0.05, 0) is 20.3 Å². The van der Waals surface area contributed by atoms with Crippen molar-refractivity contribution < 1.29 is 14.3 Å². The summed E-state index contributed by atoms with van der Waals surface area (Å²) in [6, 6.07) is 0. The highest BCUT2D eigenvalue weighted by Gasteiger charge is 2.26. The van der Waals surface area contributed by atoms with E-state index in [2.05, 4.69) is 4.99 Å². The molecule has 0 spiro atoms. The van der Waals surface area contributed by atoms with Crippen molar-refractivity contribution in [1.82, 2.24) is 0 Å². The molecule has 0 amide bonds. The third-order valence-corrected chi connectivity index (χ3v) is 1.95. The van der Waals surface area contributed by atoms with Crippen molar-refractivity contribution in [2.45, 2.75) is 32.2 Å². The van der Waals surface area contributed by atoms with Gasteiger partial charge in [-0.1, -0.05) is 6.08 Å². The number of aliphatic carboxylic acids is 1. The molecule has 0 bridgehead atoms. The smallest absolute Gasteiger partial charge is 0.323 e. The molecule has 0 aromatic rings. The zero-order valence-corrected chi connectivity index (χ0v) is 9.53. The van der Waals surface area contributed by atoms with E-state index >= 15 is 0 Å². The maximum Gasteiger partial charge on any atom is 0.323 e. The summed E-state index contributed by atoms with van der Waals surface area (Å²) in [6.07, 6.45) is 1.22. The number of amidine groups is 1. The van der Waals surface area contributed by atoms with Gasteiger partial charge in [0.25, 0.3) is 0 Å². The lowest BCUT2D eigenvalue weighted by Crippen LogP contribution is -2.44. The molecule has 0 aliphatic carbocycles. The summed E-state index contributed by atoms with van der Waals surface area (Å²) in [5.41, 5.74) is 9.26. The fourth-order valence-corrected chi connectivity index (χ4v) is 0.851. The molecule has 0 fully saturated rings. The SMILES string of the molecule is CC(N)=NCCC(F)=CC[C@](C)(N)C(=O)O. The highest BCUT2D eigenvalue weighted by atomic mass is 19.1. The number of carboxylic acid groups (broad SMARTS) is 1. The summed E-state index contributed by atoms with van der Waals surface area (Å²) >= 11 is 0. The number of nitrogens with two attached hydrogens (primary N) is 2. The Morgan fingerprint density at radius 3 is 2.62 bits per heavy atom. The van der Waals surface area contributed by atoms with Crippen LogP contribution in [0.2, 0.25) is 0 Å². The van der Waals surface area contributed by atoms with Crippen molar-refractivity contribution in [3.05, 3.63) is 11.9 Å². The third kappa shape index (κ3) is 6.13. The number of carbonyl (C=O) groups is 1. The minimum Gasteiger partial charge on any atom is -0.480 e. The lowest BCUT2D eigenvalue weighted by Gasteiger charge is -2.16. The highest BCUT2D eigenvalue weighted by molar-refractivity contribution is 5.78. The van der Waals surface area contributed by atoms with Crippen LogP contribution in [0.15, 0.2) is 16.9 Å². The summed E-state index contributed by atoms with van der Waals surface area (Å²) in [4.78, 5) is 14.4. The Kier molecular flexibility index (Phi) is 5.66. The number of aliphatic imine (C=N–C) groups is 1. The van der Waals surface area contributed by atoms with Gasteiger partial charge in [0.2, 0.25) is 0 Å². The van der Waals surface area contributed by atoms with Crippen molar-refractivity contribution in [1.29, 1.82) is 0 Å². The second kappa shape index (κ2) is 6.22. The number of carboxylic acids is 1. The van der Waals surface area contributed by atoms with Crippen LogP contribution in [0.3, 0.4) is 0 Å². The molecule has 0 radical (unpaired) electrons. The second-order valence-corrected chi connectivity index (χ2v) is 3.85. The Labute approximate surface area is 94.0 Å². The first-order chi connectivity index (χ1) is 7.25. The zero-order chi connectivity index (χ0) is 12.8. The van der Waals surface area contributed by atoms with E-state index in [-0.39, 0.29) is 19.4 Å². The Morgan fingerprint density at radius 1 is 1.62 bits per heavy atom. The minimum atomic E-state index is -1.44. The number of halogens is 1. The molecule has 0 rings (SSSR count). The number of rotatable bonds is 6. The molecule has 6 heteroatoms. The van der Waals surface area contributed by atoms with Gasteiger partial charge < -0.3 is 16.6 Å². The topological polar surface area (TPSA) is 102 Å². The summed E-state index contributed by atoms with van der Waals surface area (Å²) in [5.74, 6) is -1.20. The first-order valence-electron chi connectivity index (χ1n) is 4.89. The minimum absolute atomic E-state index is 0.0561. The second-order valence-electron chi connectivity index (χ2n) is 3.85. The third-order valence-electron chi connectivity index (χ3n) is 1.95. The Hall–Kier alpha value is -1.43. The van der Waals surface area contributed by atoms with Crippen LogP contribution >= 0.6 is 0 Å². The van der Waals surface area contributed by atoms with Crippen molar-refractivity contribution in [3.63, 3.8) is 0 Å². The Bertz CT molecular complexity index is 307. The van der Waals surface area contributed by atoms with Crippen LogP contribution in [0.5, 0.6) is 0 Å². The van der Waals surface area contributed by atoms with Gasteiger partial charge in [-0.3, -0.25) is 9.79 Å². The number of hydrogen-bond acceptors (Lipinski definition) is 3. The molecule has 0 aliphatic rings. The molecule has 0 aliphatic heterocycles. The van der Waals surface area contributed by atoms with E-state index in [9.17, 15) is 9.18 Å². The summed E-state index contributed by atoms with van der Waals surface area (Å²) in [6.45, 7) is 3.20. The molecule has 16 heavy (non-hydrogen) atoms. The van der Waals surface area contributed by atoms with Crippen LogP contribution in [0.25, 0.3) is 0 Å². The van der Waals surface area contributed by atoms with E-state index < -0.39 is 17.3 Å². The van der Waals surface area contributed by atoms with E-state index in [1.54, 1.807) is 6.92 Å². The quantitative estimate of drug-likeness (QED) is 0.464. The van der Waals surface area contributed by atoms with Gasteiger partial charge in [-0.2, -0.15) is 0 Å². The Morgan fingerprint density at radius 2 is 2.19 bits per heavy atom. The summed E-state index contributed by atoms with van der Waals surface area (Å²) < 4.78 is 13.1. The van der Waals surface area contributed by atoms with Crippen molar-refractivity contribution >= 4 is 11.8 Å². The van der Waals surface area contributed by atoms with Crippen LogP contribution in [-0.4, -0.2) is 29.0 Å². The lowest BCUT2D eigenvalue weighted by atomic mass is 9.99. The summed E-state index contributed by atoms with van der Waals surface area (Å²) in [7, 11) is 0. The van der Waals surface area contributed by atoms with Crippen molar-refractivity contribution in [2.75, 3.05) is 6.54 Å². The fourth-order valence-electron chi connectivity index (χ4n) is 0.851. The molecule has 1 atom stereocenters. The predicted molar refractivity (Wildman–Crippen MR) is 60.8 cm³/mol. The normalized spacial score (nSPS) is 17.0. The standard InChI is InChI=1S/C10H18FN3O2/c1-7(12)14-6-4-8(11)3-5-10(2,13)9(15)16/h3H,4-6,13H2,1-2H3,(H2,12,14)(H,15,16)/t10-/m0/s1. The molecule has 0 aromatic carbocycles. The van der Waals surface area contributed by atoms with Crippen LogP contribution in [0, 0.1) is 0 Å². The lowest BCUT2D eigenvalue weighted by molar-refractivity contribution is -0.142. The maximum atomic E-state index is 13.1. The fraction of sp³-hybridized carbons (Fsp3) is 0.600. The van der Waals surface area contributed by atoms with E-state index in [0.29, 0.717) is 5.84 Å². The molecule has 0 saturated carbocycles. The van der Waals surface area contributed by atoms with Crippen LogP contribution < -0.4 is 11.5 Å². The average Bonchev–Trinajstić information content (AvgIpc) is 2.14. The largest absolute Gasteiger partial charge is 0.480 e. The average molecular weight is 231 g/mol. The van der Waals surface area contributed by atoms with Gasteiger partial charge in [0, 0.05) is 13.0 Å². The van der Waals surface area contributed by atoms with Crippen LogP contribution in [0.4, 0.5) is 4.39 Å². The number of nitrogens with zero attached hydrogens (tertiary/aromatic N) is 1. The first-order valence-corrected chi connectivity index (χ1v) is 4.89. The molecule has 92 valence electrons. The van der Waals surface area contributed by atoms with Crippen LogP contribution in [-0.2, 0) is 4.79 Å². The molecule has 5 N–H and O–H groups in total. The Balaban J connectivity index is 4.15. The van der Waals surface area contributed by atoms with Gasteiger partial charge in [0.05, 0.1) is 11.7 Å². The summed E-state index contributed by atoms with van der Waals surface area (Å²) in [5, 5.41) is 8.69. The van der Waals surface area contributed by atoms with Gasteiger partial charge in [-0.25, -0.2) is 4.39 Å². The van der Waals surface area contributed by atoms with Gasteiger partial charge in [0.1, 0.15) is 5.54 Å². The van der Waals surface area contributed by atoms with Crippen LogP contribution in [0.1, 0.15) is 26.7 Å². The van der Waals surface area contributed by atoms with Crippen molar-refractivity contribution in [3.8, 4) is 0 Å². The molecular formula is C10H18FN3O2.